The van der Waals surface area contributed by atoms with Crippen molar-refractivity contribution in [1.29, 1.82) is 0 Å². The Hall–Kier alpha value is -3.13. The Morgan fingerprint density at radius 3 is 2.83 bits per heavy atom. The molecule has 2 amide bonds. The number of ether oxygens (including phenoxy) is 1. The molecule has 8 heteroatoms. The first-order valence-corrected chi connectivity index (χ1v) is 9.93. The summed E-state index contributed by atoms with van der Waals surface area (Å²) in [6, 6.07) is 13.1. The highest BCUT2D eigenvalue weighted by Crippen LogP contribution is 2.24. The van der Waals surface area contributed by atoms with E-state index in [9.17, 15) is 9.59 Å². The molecule has 0 radical (unpaired) electrons. The van der Waals surface area contributed by atoms with Crippen LogP contribution in [0.5, 0.6) is 5.75 Å². The van der Waals surface area contributed by atoms with E-state index in [-0.39, 0.29) is 18.2 Å². The van der Waals surface area contributed by atoms with Crippen LogP contribution in [-0.2, 0) is 9.59 Å². The molecule has 0 saturated carbocycles. The number of para-hydroxylation sites is 1. The summed E-state index contributed by atoms with van der Waals surface area (Å²) in [5.74, 6) is 0.211. The number of benzene rings is 2. The molecule has 1 aliphatic rings. The molecule has 1 aliphatic heterocycles. The highest BCUT2D eigenvalue weighted by molar-refractivity contribution is 8.15. The summed E-state index contributed by atoms with van der Waals surface area (Å²) < 4.78 is 5.25. The maximum absolute atomic E-state index is 12.4. The standard InChI is InChI=1S/C21H22N4O3S/c1-13-7-6-9-16(14(13)2)23-19(26)11-18-20(27)24-21(29-18)25-22-12-15-8-4-5-10-17(15)28-3/h4-10,12,18H,11H2,1-3H3,(H,23,26)(H,24,25,27)/b22-12+. The lowest BCUT2D eigenvalue weighted by molar-refractivity contribution is -0.122. The van der Waals surface area contributed by atoms with Gasteiger partial charge in [-0.1, -0.05) is 36.0 Å². The molecular weight excluding hydrogens is 388 g/mol. The normalized spacial score (nSPS) is 17.6. The molecule has 1 saturated heterocycles. The number of hydrogen-bond donors (Lipinski definition) is 2. The molecule has 29 heavy (non-hydrogen) atoms. The highest BCUT2D eigenvalue weighted by atomic mass is 32.2. The maximum Gasteiger partial charge on any atom is 0.240 e. The Balaban J connectivity index is 1.59. The van der Waals surface area contributed by atoms with Gasteiger partial charge in [-0.15, -0.1) is 5.10 Å². The quantitative estimate of drug-likeness (QED) is 0.565. The van der Waals surface area contributed by atoms with Crippen LogP contribution in [-0.4, -0.2) is 35.6 Å². The van der Waals surface area contributed by atoms with E-state index in [1.165, 1.54) is 11.8 Å². The van der Waals surface area contributed by atoms with Gasteiger partial charge in [0.1, 0.15) is 11.0 Å². The molecule has 2 aromatic carbocycles. The van der Waals surface area contributed by atoms with Crippen LogP contribution in [0.1, 0.15) is 23.1 Å². The Bertz CT molecular complexity index is 988. The van der Waals surface area contributed by atoms with Crippen LogP contribution in [0.2, 0.25) is 0 Å². The number of amidine groups is 1. The molecule has 2 N–H and O–H groups in total. The third kappa shape index (κ3) is 5.23. The maximum atomic E-state index is 12.4. The van der Waals surface area contributed by atoms with E-state index in [0.717, 1.165) is 22.4 Å². The average molecular weight is 410 g/mol. The zero-order valence-electron chi connectivity index (χ0n) is 16.4. The van der Waals surface area contributed by atoms with Crippen LogP contribution in [0.3, 0.4) is 0 Å². The van der Waals surface area contributed by atoms with Gasteiger partial charge in [-0.2, -0.15) is 5.10 Å². The molecule has 1 fully saturated rings. The van der Waals surface area contributed by atoms with E-state index in [0.29, 0.717) is 10.9 Å². The molecule has 0 aromatic heterocycles. The van der Waals surface area contributed by atoms with Gasteiger partial charge in [0, 0.05) is 17.7 Å². The third-order valence-electron chi connectivity index (χ3n) is 4.51. The first-order valence-electron chi connectivity index (χ1n) is 9.05. The monoisotopic (exact) mass is 410 g/mol. The van der Waals surface area contributed by atoms with Crippen LogP contribution >= 0.6 is 11.8 Å². The first kappa shape index (κ1) is 20.6. The Labute approximate surface area is 173 Å². The molecule has 1 heterocycles. The number of methoxy groups -OCH3 is 1. The van der Waals surface area contributed by atoms with Crippen molar-refractivity contribution >= 4 is 40.6 Å². The molecule has 0 spiro atoms. The summed E-state index contributed by atoms with van der Waals surface area (Å²) >= 11 is 1.19. The molecule has 1 unspecified atom stereocenters. The predicted molar refractivity (Wildman–Crippen MR) is 117 cm³/mol. The zero-order valence-corrected chi connectivity index (χ0v) is 17.2. The fraction of sp³-hybridized carbons (Fsp3) is 0.238. The van der Waals surface area contributed by atoms with E-state index >= 15 is 0 Å². The van der Waals surface area contributed by atoms with Crippen molar-refractivity contribution in [3.8, 4) is 5.75 Å². The Morgan fingerprint density at radius 2 is 2.03 bits per heavy atom. The number of rotatable bonds is 6. The summed E-state index contributed by atoms with van der Waals surface area (Å²) in [5.41, 5.74) is 3.64. The average Bonchev–Trinajstić information content (AvgIpc) is 3.05. The van der Waals surface area contributed by atoms with Crippen molar-refractivity contribution < 1.29 is 14.3 Å². The second-order valence-electron chi connectivity index (χ2n) is 6.49. The van der Waals surface area contributed by atoms with Crippen molar-refractivity contribution in [2.24, 2.45) is 10.2 Å². The number of aryl methyl sites for hydroxylation is 1. The van der Waals surface area contributed by atoms with E-state index in [1.54, 1.807) is 13.3 Å². The number of carbonyl (C=O) groups is 2. The summed E-state index contributed by atoms with van der Waals surface area (Å²) in [4.78, 5) is 24.5. The number of amides is 2. The Kier molecular flexibility index (Phi) is 6.66. The van der Waals surface area contributed by atoms with E-state index < -0.39 is 5.25 Å². The van der Waals surface area contributed by atoms with Crippen molar-refractivity contribution in [2.45, 2.75) is 25.5 Å². The minimum Gasteiger partial charge on any atom is -0.496 e. The number of hydrogen-bond acceptors (Lipinski definition) is 6. The van der Waals surface area contributed by atoms with E-state index in [2.05, 4.69) is 20.8 Å². The third-order valence-corrected chi connectivity index (χ3v) is 5.58. The zero-order chi connectivity index (χ0) is 20.8. The smallest absolute Gasteiger partial charge is 0.240 e. The second kappa shape index (κ2) is 9.38. The molecule has 150 valence electrons. The van der Waals surface area contributed by atoms with Crippen LogP contribution in [0.4, 0.5) is 5.69 Å². The fourth-order valence-corrected chi connectivity index (χ4v) is 3.68. The number of thioether (sulfide) groups is 1. The van der Waals surface area contributed by atoms with Crippen molar-refractivity contribution in [2.75, 3.05) is 12.4 Å². The minimum absolute atomic E-state index is 0.0547. The van der Waals surface area contributed by atoms with Gasteiger partial charge in [0.05, 0.1) is 13.3 Å². The highest BCUT2D eigenvalue weighted by Gasteiger charge is 2.32. The lowest BCUT2D eigenvalue weighted by Crippen LogP contribution is -2.28. The summed E-state index contributed by atoms with van der Waals surface area (Å²) in [6.45, 7) is 3.94. The lowest BCUT2D eigenvalue weighted by Gasteiger charge is -2.11. The number of nitrogens with one attached hydrogen (secondary N) is 2. The van der Waals surface area contributed by atoms with Gasteiger partial charge in [-0.25, -0.2) is 0 Å². The second-order valence-corrected chi connectivity index (χ2v) is 7.68. The topological polar surface area (TPSA) is 92.2 Å². The molecule has 3 rings (SSSR count). The summed E-state index contributed by atoms with van der Waals surface area (Å²) in [7, 11) is 1.58. The summed E-state index contributed by atoms with van der Waals surface area (Å²) in [5, 5.41) is 13.4. The van der Waals surface area contributed by atoms with Gasteiger partial charge in [0.15, 0.2) is 5.17 Å². The van der Waals surface area contributed by atoms with Crippen molar-refractivity contribution in [3.05, 3.63) is 59.2 Å². The van der Waals surface area contributed by atoms with Crippen LogP contribution in [0.25, 0.3) is 0 Å². The van der Waals surface area contributed by atoms with Crippen molar-refractivity contribution in [1.82, 2.24) is 5.32 Å². The SMILES string of the molecule is COc1ccccc1/C=N/N=C1/NC(=O)C(CC(=O)Nc2cccc(C)c2C)S1. The minimum atomic E-state index is -0.541. The van der Waals surface area contributed by atoms with E-state index in [4.69, 9.17) is 4.74 Å². The lowest BCUT2D eigenvalue weighted by atomic mass is 10.1. The number of anilines is 1. The largest absolute Gasteiger partial charge is 0.496 e. The first-order chi connectivity index (χ1) is 14.0. The fourth-order valence-electron chi connectivity index (χ4n) is 2.76. The molecular formula is C21H22N4O3S. The predicted octanol–water partition coefficient (Wildman–Crippen LogP) is 3.26. The molecule has 2 aromatic rings. The molecule has 0 aliphatic carbocycles. The van der Waals surface area contributed by atoms with Gasteiger partial charge < -0.3 is 15.4 Å². The number of carbonyl (C=O) groups excluding carboxylic acids is 2. The van der Waals surface area contributed by atoms with E-state index in [1.807, 2.05) is 56.3 Å². The van der Waals surface area contributed by atoms with Crippen LogP contribution < -0.4 is 15.4 Å². The molecule has 1 atom stereocenters. The van der Waals surface area contributed by atoms with Gasteiger partial charge in [0.2, 0.25) is 11.8 Å². The van der Waals surface area contributed by atoms with Crippen LogP contribution in [0.15, 0.2) is 52.7 Å². The molecule has 7 nitrogen and oxygen atoms in total. The number of nitrogens with zero attached hydrogens (tertiary/aromatic N) is 2. The van der Waals surface area contributed by atoms with Crippen LogP contribution in [0, 0.1) is 13.8 Å². The van der Waals surface area contributed by atoms with Crippen molar-refractivity contribution in [3.63, 3.8) is 0 Å². The van der Waals surface area contributed by atoms with Gasteiger partial charge in [-0.3, -0.25) is 9.59 Å². The van der Waals surface area contributed by atoms with Gasteiger partial charge in [0.25, 0.3) is 0 Å². The molecule has 0 bridgehead atoms. The van der Waals surface area contributed by atoms with Gasteiger partial charge in [-0.05, 0) is 43.2 Å². The van der Waals surface area contributed by atoms with Gasteiger partial charge >= 0.3 is 0 Å². The summed E-state index contributed by atoms with van der Waals surface area (Å²) in [6.07, 6.45) is 1.61. The Morgan fingerprint density at radius 1 is 1.24 bits per heavy atom.